The molecule has 0 aromatic heterocycles. The number of carbonyl (C=O) groups is 1. The van der Waals surface area contributed by atoms with Gasteiger partial charge in [0.1, 0.15) is 0 Å². The molecule has 1 atom stereocenters. The second kappa shape index (κ2) is 5.15. The zero-order valence-electron chi connectivity index (χ0n) is 11.7. The largest absolute Gasteiger partial charge is 0.481 e. The molecule has 0 spiro atoms. The lowest BCUT2D eigenvalue weighted by molar-refractivity contribution is -0.151. The number of hydrogen-bond donors (Lipinski definition) is 1. The van der Waals surface area contributed by atoms with E-state index in [1.807, 2.05) is 6.92 Å². The predicted molar refractivity (Wildman–Crippen MR) is 81.8 cm³/mol. The summed E-state index contributed by atoms with van der Waals surface area (Å²) in [7, 11) is 0. The van der Waals surface area contributed by atoms with Gasteiger partial charge in [0.25, 0.3) is 0 Å². The van der Waals surface area contributed by atoms with Crippen molar-refractivity contribution in [1.29, 1.82) is 0 Å². The van der Waals surface area contributed by atoms with Gasteiger partial charge >= 0.3 is 5.97 Å². The molecule has 0 radical (unpaired) electrons. The molecular formula is C16H20BrNO2. The van der Waals surface area contributed by atoms with E-state index < -0.39 is 11.4 Å². The molecule has 1 aliphatic carbocycles. The van der Waals surface area contributed by atoms with Gasteiger partial charge in [0.2, 0.25) is 0 Å². The fraction of sp³-hybridized carbons (Fsp3) is 0.562. The van der Waals surface area contributed by atoms with Gasteiger partial charge in [-0.1, -0.05) is 22.0 Å². The summed E-state index contributed by atoms with van der Waals surface area (Å²) in [6, 6.07) is 7.04. The average molecular weight is 338 g/mol. The quantitative estimate of drug-likeness (QED) is 0.895. The van der Waals surface area contributed by atoms with Crippen molar-refractivity contribution in [2.24, 2.45) is 5.41 Å². The summed E-state index contributed by atoms with van der Waals surface area (Å²) in [5.41, 5.74) is 2.35. The Morgan fingerprint density at radius 3 is 2.75 bits per heavy atom. The monoisotopic (exact) mass is 337 g/mol. The Kier molecular flexibility index (Phi) is 3.63. The lowest BCUT2D eigenvalue weighted by Crippen LogP contribution is -2.43. The second-order valence-corrected chi connectivity index (χ2v) is 7.22. The number of carboxylic acids is 1. The van der Waals surface area contributed by atoms with E-state index >= 15 is 0 Å². The molecule has 1 saturated heterocycles. The Morgan fingerprint density at radius 1 is 1.40 bits per heavy atom. The Balaban J connectivity index is 1.73. The van der Waals surface area contributed by atoms with Gasteiger partial charge < -0.3 is 5.11 Å². The third-order valence-electron chi connectivity index (χ3n) is 5.01. The SMILES string of the molecule is CC1(C(=O)O)CCN(C2CCc3cc(Br)ccc32)CC1. The lowest BCUT2D eigenvalue weighted by atomic mass is 9.80. The molecule has 2 aliphatic rings. The van der Waals surface area contributed by atoms with E-state index in [1.54, 1.807) is 0 Å². The Morgan fingerprint density at radius 2 is 2.10 bits per heavy atom. The maximum absolute atomic E-state index is 11.3. The van der Waals surface area contributed by atoms with Gasteiger partial charge in [0.15, 0.2) is 0 Å². The molecule has 0 amide bonds. The van der Waals surface area contributed by atoms with Crippen LogP contribution in [0.15, 0.2) is 22.7 Å². The number of likely N-dealkylation sites (tertiary alicyclic amines) is 1. The molecule has 3 nitrogen and oxygen atoms in total. The van der Waals surface area contributed by atoms with E-state index in [9.17, 15) is 9.90 Å². The molecule has 20 heavy (non-hydrogen) atoms. The van der Waals surface area contributed by atoms with Crippen LogP contribution in [-0.4, -0.2) is 29.1 Å². The van der Waals surface area contributed by atoms with E-state index in [1.165, 1.54) is 11.1 Å². The Hall–Kier alpha value is -0.870. The van der Waals surface area contributed by atoms with E-state index in [0.717, 1.165) is 43.2 Å². The number of nitrogens with zero attached hydrogens (tertiary/aromatic N) is 1. The van der Waals surface area contributed by atoms with Gasteiger partial charge in [-0.2, -0.15) is 0 Å². The van der Waals surface area contributed by atoms with Gasteiger partial charge in [0.05, 0.1) is 5.41 Å². The normalized spacial score (nSPS) is 25.4. The van der Waals surface area contributed by atoms with Crippen molar-refractivity contribution in [2.75, 3.05) is 13.1 Å². The number of benzene rings is 1. The number of aliphatic carboxylic acids is 1. The Bertz CT molecular complexity index is 535. The third kappa shape index (κ3) is 2.40. The highest BCUT2D eigenvalue weighted by atomic mass is 79.9. The van der Waals surface area contributed by atoms with Crippen LogP contribution in [0, 0.1) is 5.41 Å². The van der Waals surface area contributed by atoms with E-state index in [-0.39, 0.29) is 0 Å². The lowest BCUT2D eigenvalue weighted by Gasteiger charge is -2.39. The fourth-order valence-electron chi connectivity index (χ4n) is 3.49. The summed E-state index contributed by atoms with van der Waals surface area (Å²) >= 11 is 3.53. The minimum absolute atomic E-state index is 0.483. The van der Waals surface area contributed by atoms with Crippen molar-refractivity contribution in [3.8, 4) is 0 Å². The van der Waals surface area contributed by atoms with Crippen molar-refractivity contribution in [3.63, 3.8) is 0 Å². The van der Waals surface area contributed by atoms with Gasteiger partial charge in [-0.15, -0.1) is 0 Å². The van der Waals surface area contributed by atoms with Crippen LogP contribution >= 0.6 is 15.9 Å². The van der Waals surface area contributed by atoms with Crippen molar-refractivity contribution in [3.05, 3.63) is 33.8 Å². The molecule has 0 saturated carbocycles. The summed E-state index contributed by atoms with van der Waals surface area (Å²) < 4.78 is 1.15. The molecule has 1 fully saturated rings. The van der Waals surface area contributed by atoms with E-state index in [2.05, 4.69) is 39.0 Å². The van der Waals surface area contributed by atoms with E-state index in [4.69, 9.17) is 0 Å². The second-order valence-electron chi connectivity index (χ2n) is 6.30. The molecule has 3 rings (SSSR count). The first-order valence-electron chi connectivity index (χ1n) is 7.25. The van der Waals surface area contributed by atoms with Crippen LogP contribution in [0.5, 0.6) is 0 Å². The topological polar surface area (TPSA) is 40.5 Å². The van der Waals surface area contributed by atoms with Crippen LogP contribution in [0.2, 0.25) is 0 Å². The number of rotatable bonds is 2. The van der Waals surface area contributed by atoms with Crippen LogP contribution in [0.4, 0.5) is 0 Å². The summed E-state index contributed by atoms with van der Waals surface area (Å²) in [5.74, 6) is -0.645. The number of fused-ring (bicyclic) bond motifs is 1. The highest BCUT2D eigenvalue weighted by Crippen LogP contribution is 2.41. The third-order valence-corrected chi connectivity index (χ3v) is 5.50. The minimum atomic E-state index is -0.645. The maximum atomic E-state index is 11.3. The summed E-state index contributed by atoms with van der Waals surface area (Å²) in [5, 5.41) is 9.31. The smallest absolute Gasteiger partial charge is 0.309 e. The highest BCUT2D eigenvalue weighted by Gasteiger charge is 2.39. The van der Waals surface area contributed by atoms with Crippen LogP contribution in [-0.2, 0) is 11.2 Å². The number of carboxylic acid groups (broad SMARTS) is 1. The van der Waals surface area contributed by atoms with Gasteiger partial charge in [-0.3, -0.25) is 9.69 Å². The van der Waals surface area contributed by atoms with E-state index in [0.29, 0.717) is 6.04 Å². The minimum Gasteiger partial charge on any atom is -0.481 e. The molecule has 1 unspecified atom stereocenters. The van der Waals surface area contributed by atoms with Crippen LogP contribution in [0.25, 0.3) is 0 Å². The molecule has 1 aromatic rings. The standard InChI is InChI=1S/C16H20BrNO2/c1-16(15(19)20)6-8-18(9-7-16)14-5-2-11-10-12(17)3-4-13(11)14/h3-4,10,14H,2,5-9H2,1H3,(H,19,20). The van der Waals surface area contributed by atoms with Crippen molar-refractivity contribution < 1.29 is 9.90 Å². The maximum Gasteiger partial charge on any atom is 0.309 e. The fourth-order valence-corrected chi connectivity index (χ4v) is 3.89. The number of piperidine rings is 1. The van der Waals surface area contributed by atoms with Gasteiger partial charge in [-0.25, -0.2) is 0 Å². The number of halogens is 1. The van der Waals surface area contributed by atoms with Crippen LogP contribution in [0.1, 0.15) is 43.4 Å². The van der Waals surface area contributed by atoms with Crippen molar-refractivity contribution >= 4 is 21.9 Å². The van der Waals surface area contributed by atoms with Crippen LogP contribution < -0.4 is 0 Å². The van der Waals surface area contributed by atoms with Gasteiger partial charge in [-0.05, 0) is 69.0 Å². The molecule has 1 aromatic carbocycles. The zero-order chi connectivity index (χ0) is 14.3. The summed E-state index contributed by atoms with van der Waals surface area (Å²) in [6.45, 7) is 3.67. The summed E-state index contributed by atoms with van der Waals surface area (Å²) in [6.07, 6.45) is 3.80. The van der Waals surface area contributed by atoms with Gasteiger partial charge in [0, 0.05) is 10.5 Å². The summed E-state index contributed by atoms with van der Waals surface area (Å²) in [4.78, 5) is 13.8. The molecule has 1 N–H and O–H groups in total. The first-order valence-corrected chi connectivity index (χ1v) is 8.05. The first kappa shape index (κ1) is 14.1. The first-order chi connectivity index (χ1) is 9.49. The number of hydrogen-bond acceptors (Lipinski definition) is 2. The zero-order valence-corrected chi connectivity index (χ0v) is 13.3. The molecule has 108 valence electrons. The average Bonchev–Trinajstić information content (AvgIpc) is 2.82. The number of aryl methyl sites for hydroxylation is 1. The molecular weight excluding hydrogens is 318 g/mol. The molecule has 1 aliphatic heterocycles. The Labute approximate surface area is 128 Å². The molecule has 4 heteroatoms. The molecule has 1 heterocycles. The predicted octanol–water partition coefficient (Wildman–Crippen LogP) is 3.62. The van der Waals surface area contributed by atoms with Crippen molar-refractivity contribution in [1.82, 2.24) is 4.90 Å². The van der Waals surface area contributed by atoms with Crippen LogP contribution in [0.3, 0.4) is 0 Å². The highest BCUT2D eigenvalue weighted by molar-refractivity contribution is 9.10. The molecule has 0 bridgehead atoms. The van der Waals surface area contributed by atoms with Crippen molar-refractivity contribution in [2.45, 2.75) is 38.6 Å².